The third-order valence-corrected chi connectivity index (χ3v) is 1.40. The zero-order chi connectivity index (χ0) is 8.69. The first-order chi connectivity index (χ1) is 5.22. The average Bonchev–Trinajstić information content (AvgIpc) is 1.97. The molecular formula is C6H13ClN2O2. The summed E-state index contributed by atoms with van der Waals surface area (Å²) >= 11 is 5.43. The van der Waals surface area contributed by atoms with Crippen molar-refractivity contribution < 1.29 is 9.53 Å². The van der Waals surface area contributed by atoms with Gasteiger partial charge in [-0.3, -0.25) is 0 Å². The largest absolute Gasteiger partial charge is 0.383 e. The molecule has 0 bridgehead atoms. The van der Waals surface area contributed by atoms with E-state index in [9.17, 15) is 4.79 Å². The molecule has 0 unspecified atom stereocenters. The summed E-state index contributed by atoms with van der Waals surface area (Å²) in [7, 11) is 1.57. The molecule has 0 radical (unpaired) electrons. The van der Waals surface area contributed by atoms with Crippen LogP contribution in [0.15, 0.2) is 0 Å². The molecule has 0 aromatic rings. The van der Waals surface area contributed by atoms with Crippen molar-refractivity contribution in [1.29, 1.82) is 0 Å². The number of amides is 2. The Hall–Kier alpha value is -0.480. The highest BCUT2D eigenvalue weighted by Crippen LogP contribution is 1.89. The number of carbonyl (C=O) groups excluding carboxylic acids is 1. The second kappa shape index (κ2) is 6.24. The number of nitrogens with two attached hydrogens (primary N) is 1. The first-order valence-corrected chi connectivity index (χ1v) is 3.85. The molecule has 0 saturated carbocycles. The van der Waals surface area contributed by atoms with Gasteiger partial charge in [-0.25, -0.2) is 4.79 Å². The van der Waals surface area contributed by atoms with E-state index < -0.39 is 6.03 Å². The fourth-order valence-corrected chi connectivity index (χ4v) is 0.840. The Bertz CT molecular complexity index is 121. The van der Waals surface area contributed by atoms with Gasteiger partial charge in [0.2, 0.25) is 0 Å². The molecule has 4 nitrogen and oxygen atoms in total. The second-order valence-corrected chi connectivity index (χ2v) is 2.39. The zero-order valence-corrected chi connectivity index (χ0v) is 7.30. The summed E-state index contributed by atoms with van der Waals surface area (Å²) in [6.45, 7) is 1.46. The van der Waals surface area contributed by atoms with E-state index in [0.29, 0.717) is 25.6 Å². The molecule has 11 heavy (non-hydrogen) atoms. The highest BCUT2D eigenvalue weighted by molar-refractivity contribution is 6.18. The van der Waals surface area contributed by atoms with Gasteiger partial charge >= 0.3 is 6.03 Å². The van der Waals surface area contributed by atoms with Crippen LogP contribution in [0, 0.1) is 0 Å². The second-order valence-electron chi connectivity index (χ2n) is 2.01. The van der Waals surface area contributed by atoms with E-state index in [0.717, 1.165) is 0 Å². The van der Waals surface area contributed by atoms with Gasteiger partial charge in [-0.15, -0.1) is 11.6 Å². The van der Waals surface area contributed by atoms with Crippen molar-refractivity contribution in [1.82, 2.24) is 4.90 Å². The molecule has 2 N–H and O–H groups in total. The summed E-state index contributed by atoms with van der Waals surface area (Å²) in [4.78, 5) is 12.1. The minimum absolute atomic E-state index is 0.395. The van der Waals surface area contributed by atoms with Crippen LogP contribution < -0.4 is 5.73 Å². The maximum absolute atomic E-state index is 10.6. The van der Waals surface area contributed by atoms with E-state index >= 15 is 0 Å². The summed E-state index contributed by atoms with van der Waals surface area (Å²) in [6.07, 6.45) is 0. The summed E-state index contributed by atoms with van der Waals surface area (Å²) in [5.74, 6) is 0.395. The molecule has 0 aromatic heterocycles. The van der Waals surface area contributed by atoms with Crippen molar-refractivity contribution in [2.75, 3.05) is 32.7 Å². The lowest BCUT2D eigenvalue weighted by atomic mass is 10.5. The maximum atomic E-state index is 10.6. The monoisotopic (exact) mass is 180 g/mol. The van der Waals surface area contributed by atoms with E-state index in [1.165, 1.54) is 4.90 Å². The Morgan fingerprint density at radius 2 is 2.27 bits per heavy atom. The fraction of sp³-hybridized carbons (Fsp3) is 0.833. The fourth-order valence-electron chi connectivity index (χ4n) is 0.636. The minimum atomic E-state index is -0.456. The van der Waals surface area contributed by atoms with Crippen LogP contribution in [0.3, 0.4) is 0 Å². The number of hydrogen-bond acceptors (Lipinski definition) is 2. The number of primary amides is 1. The van der Waals surface area contributed by atoms with Gasteiger partial charge in [-0.2, -0.15) is 0 Å². The topological polar surface area (TPSA) is 55.6 Å². The molecule has 0 aromatic carbocycles. The maximum Gasteiger partial charge on any atom is 0.314 e. The number of urea groups is 1. The van der Waals surface area contributed by atoms with Crippen LogP contribution in [0.4, 0.5) is 4.79 Å². The summed E-state index contributed by atoms with van der Waals surface area (Å²) < 4.78 is 4.78. The molecule has 0 fully saturated rings. The highest BCUT2D eigenvalue weighted by Gasteiger charge is 2.06. The number of halogens is 1. The molecule has 0 atom stereocenters. The lowest BCUT2D eigenvalue weighted by Gasteiger charge is -2.17. The molecule has 5 heteroatoms. The smallest absolute Gasteiger partial charge is 0.314 e. The van der Waals surface area contributed by atoms with Crippen LogP contribution in [-0.4, -0.2) is 43.6 Å². The average molecular weight is 181 g/mol. The quantitative estimate of drug-likeness (QED) is 0.617. The van der Waals surface area contributed by atoms with Crippen molar-refractivity contribution in [3.8, 4) is 0 Å². The van der Waals surface area contributed by atoms with E-state index in [1.54, 1.807) is 7.11 Å². The third kappa shape index (κ3) is 4.86. The van der Waals surface area contributed by atoms with Gasteiger partial charge in [-0.1, -0.05) is 0 Å². The van der Waals surface area contributed by atoms with Crippen molar-refractivity contribution in [3.63, 3.8) is 0 Å². The number of nitrogens with zero attached hydrogens (tertiary/aromatic N) is 1. The molecule has 2 amide bonds. The Morgan fingerprint density at radius 1 is 1.64 bits per heavy atom. The Morgan fingerprint density at radius 3 is 2.64 bits per heavy atom. The van der Waals surface area contributed by atoms with Crippen LogP contribution in [0.1, 0.15) is 0 Å². The molecule has 0 saturated heterocycles. The number of alkyl halides is 1. The number of hydrogen-bond donors (Lipinski definition) is 1. The van der Waals surface area contributed by atoms with E-state index in [1.807, 2.05) is 0 Å². The van der Waals surface area contributed by atoms with Crippen LogP contribution in [0.25, 0.3) is 0 Å². The van der Waals surface area contributed by atoms with Crippen LogP contribution >= 0.6 is 11.6 Å². The Labute approximate surface area is 71.2 Å². The van der Waals surface area contributed by atoms with Crippen LogP contribution in [0.2, 0.25) is 0 Å². The summed E-state index contributed by atoms with van der Waals surface area (Å²) in [5.41, 5.74) is 5.04. The highest BCUT2D eigenvalue weighted by atomic mass is 35.5. The van der Waals surface area contributed by atoms with Gasteiger partial charge in [-0.05, 0) is 0 Å². The molecule has 66 valence electrons. The zero-order valence-electron chi connectivity index (χ0n) is 6.55. The third-order valence-electron chi connectivity index (χ3n) is 1.23. The van der Waals surface area contributed by atoms with Gasteiger partial charge in [0.25, 0.3) is 0 Å². The van der Waals surface area contributed by atoms with Gasteiger partial charge in [0.05, 0.1) is 6.61 Å². The van der Waals surface area contributed by atoms with Crippen molar-refractivity contribution >= 4 is 17.6 Å². The predicted molar refractivity (Wildman–Crippen MR) is 43.8 cm³/mol. The van der Waals surface area contributed by atoms with Gasteiger partial charge in [0.1, 0.15) is 0 Å². The lowest BCUT2D eigenvalue weighted by Crippen LogP contribution is -2.39. The molecule has 0 rings (SSSR count). The standard InChI is InChI=1S/C6H13ClN2O2/c1-11-5-4-9(3-2-7)6(8)10/h2-5H2,1H3,(H2,8,10). The Kier molecular flexibility index (Phi) is 5.97. The number of methoxy groups -OCH3 is 1. The molecule has 0 aliphatic rings. The van der Waals surface area contributed by atoms with E-state index in [2.05, 4.69) is 0 Å². The predicted octanol–water partition coefficient (Wildman–Crippen LogP) is 0.252. The number of carbonyl (C=O) groups is 1. The number of rotatable bonds is 5. The summed E-state index contributed by atoms with van der Waals surface area (Å²) in [5, 5.41) is 0. The molecule has 0 aliphatic carbocycles. The minimum Gasteiger partial charge on any atom is -0.383 e. The van der Waals surface area contributed by atoms with Crippen LogP contribution in [0.5, 0.6) is 0 Å². The van der Waals surface area contributed by atoms with Crippen LogP contribution in [-0.2, 0) is 4.74 Å². The SMILES string of the molecule is COCCN(CCCl)C(N)=O. The van der Waals surface area contributed by atoms with Crippen molar-refractivity contribution in [2.45, 2.75) is 0 Å². The van der Waals surface area contributed by atoms with Crippen molar-refractivity contribution in [2.24, 2.45) is 5.73 Å². The molecular weight excluding hydrogens is 168 g/mol. The molecule has 0 spiro atoms. The van der Waals surface area contributed by atoms with Crippen molar-refractivity contribution in [3.05, 3.63) is 0 Å². The molecule has 0 aliphatic heterocycles. The first-order valence-electron chi connectivity index (χ1n) is 3.31. The van der Waals surface area contributed by atoms with Gasteiger partial charge in [0, 0.05) is 26.1 Å². The normalized spacial score (nSPS) is 9.64. The van der Waals surface area contributed by atoms with Gasteiger partial charge < -0.3 is 15.4 Å². The van der Waals surface area contributed by atoms with E-state index in [4.69, 9.17) is 22.1 Å². The number of ether oxygens (including phenoxy) is 1. The lowest BCUT2D eigenvalue weighted by molar-refractivity contribution is 0.156. The van der Waals surface area contributed by atoms with E-state index in [-0.39, 0.29) is 0 Å². The summed E-state index contributed by atoms with van der Waals surface area (Å²) in [6, 6.07) is -0.456. The van der Waals surface area contributed by atoms with Gasteiger partial charge in [0.15, 0.2) is 0 Å². The molecule has 0 heterocycles. The Balaban J connectivity index is 3.60. The first kappa shape index (κ1) is 10.5.